The Hall–Kier alpha value is -2.58. The number of benzene rings is 2. The monoisotopic (exact) mass is 281 g/mol. The molecule has 0 aliphatic rings. The van der Waals surface area contributed by atoms with Crippen molar-refractivity contribution in [3.63, 3.8) is 0 Å². The highest BCUT2D eigenvalue weighted by molar-refractivity contribution is 7.71. The fourth-order valence-electron chi connectivity index (χ4n) is 2.22. The number of ether oxygens (including phenoxy) is 1. The highest BCUT2D eigenvalue weighted by Gasteiger charge is 2.10. The fourth-order valence-corrected chi connectivity index (χ4v) is 2.53. The van der Waals surface area contributed by atoms with Crippen LogP contribution in [0.3, 0.4) is 0 Å². The molecule has 1 heterocycles. The first-order valence-corrected chi connectivity index (χ1v) is 6.43. The van der Waals surface area contributed by atoms with Crippen molar-refractivity contribution in [2.24, 2.45) is 0 Å². The molecule has 2 aromatic carbocycles. The van der Waals surface area contributed by atoms with Gasteiger partial charge in [0.15, 0.2) is 4.77 Å². The van der Waals surface area contributed by atoms with Crippen LogP contribution in [0.2, 0.25) is 0 Å². The van der Waals surface area contributed by atoms with Crippen LogP contribution in [0.4, 0.5) is 0 Å². The lowest BCUT2D eigenvalue weighted by molar-refractivity contribution is 0.415. The molecule has 0 radical (unpaired) electrons. The summed E-state index contributed by atoms with van der Waals surface area (Å²) in [4.78, 5) is 3.14. The van der Waals surface area contributed by atoms with Gasteiger partial charge in [-0.3, -0.25) is 4.57 Å². The van der Waals surface area contributed by atoms with Crippen LogP contribution in [0.5, 0.6) is 5.75 Å². The minimum absolute atomic E-state index is 0.552. The summed E-state index contributed by atoms with van der Waals surface area (Å²) in [6.45, 7) is 0. The number of methoxy groups -OCH3 is 1. The van der Waals surface area contributed by atoms with Crippen molar-refractivity contribution in [2.45, 2.75) is 0 Å². The van der Waals surface area contributed by atoms with E-state index >= 15 is 0 Å². The molecule has 1 N–H and O–H groups in total. The number of H-pyrrole nitrogens is 1. The summed E-state index contributed by atoms with van der Waals surface area (Å²) in [6, 6.07) is 15.3. The van der Waals surface area contributed by atoms with E-state index in [1.807, 2.05) is 41.0 Å². The molecule has 0 aliphatic heterocycles. The van der Waals surface area contributed by atoms with Crippen LogP contribution in [0.25, 0.3) is 16.7 Å². The van der Waals surface area contributed by atoms with Gasteiger partial charge in [-0.1, -0.05) is 12.1 Å². The molecule has 0 saturated heterocycles. The van der Waals surface area contributed by atoms with Crippen LogP contribution >= 0.6 is 12.2 Å². The molecule has 3 rings (SSSR count). The average Bonchev–Trinajstić information content (AvgIpc) is 2.81. The summed E-state index contributed by atoms with van der Waals surface area (Å²) < 4.78 is 7.62. The molecule has 0 saturated carbocycles. The Morgan fingerprint density at radius 1 is 1.25 bits per heavy atom. The van der Waals surface area contributed by atoms with Gasteiger partial charge in [-0.05, 0) is 36.5 Å². The number of aromatic amines is 1. The maximum atomic E-state index is 9.23. The molecule has 5 heteroatoms. The van der Waals surface area contributed by atoms with E-state index in [-0.39, 0.29) is 0 Å². The molecule has 20 heavy (non-hydrogen) atoms. The Morgan fingerprint density at radius 3 is 2.80 bits per heavy atom. The number of nitrogens with zero attached hydrogens (tertiary/aromatic N) is 2. The summed E-state index contributed by atoms with van der Waals surface area (Å²) in [7, 11) is 1.62. The lowest BCUT2D eigenvalue weighted by atomic mass is 10.2. The normalized spacial score (nSPS) is 10.4. The fraction of sp³-hybridized carbons (Fsp3) is 0.0667. The second kappa shape index (κ2) is 4.83. The Bertz CT molecular complexity index is 886. The molecule has 3 aromatic rings. The van der Waals surface area contributed by atoms with Crippen molar-refractivity contribution in [3.05, 3.63) is 52.8 Å². The number of nitrogens with one attached hydrogen (secondary N) is 1. The van der Waals surface area contributed by atoms with Crippen molar-refractivity contribution in [2.75, 3.05) is 7.11 Å². The maximum Gasteiger partial charge on any atom is 0.182 e. The smallest absolute Gasteiger partial charge is 0.182 e. The number of aromatic nitrogens is 2. The van der Waals surface area contributed by atoms with Crippen LogP contribution in [0.15, 0.2) is 42.5 Å². The minimum atomic E-state index is 0.552. The van der Waals surface area contributed by atoms with Crippen LogP contribution in [0, 0.1) is 16.1 Å². The molecular weight excluding hydrogens is 270 g/mol. The molecule has 0 bridgehead atoms. The summed E-state index contributed by atoms with van der Waals surface area (Å²) in [5, 5.41) is 9.23. The zero-order chi connectivity index (χ0) is 14.1. The molecule has 0 unspecified atom stereocenters. The first kappa shape index (κ1) is 12.5. The second-order valence-corrected chi connectivity index (χ2v) is 4.66. The predicted octanol–water partition coefficient (Wildman–Crippen LogP) is 3.57. The predicted molar refractivity (Wildman–Crippen MR) is 79.7 cm³/mol. The van der Waals surface area contributed by atoms with E-state index in [1.54, 1.807) is 13.2 Å². The van der Waals surface area contributed by atoms with E-state index in [0.717, 1.165) is 22.5 Å². The third-order valence-electron chi connectivity index (χ3n) is 3.15. The minimum Gasteiger partial charge on any atom is -0.497 e. The average molecular weight is 281 g/mol. The van der Waals surface area contributed by atoms with Gasteiger partial charge < -0.3 is 9.72 Å². The first-order chi connectivity index (χ1) is 9.74. The van der Waals surface area contributed by atoms with Crippen LogP contribution in [0.1, 0.15) is 5.56 Å². The maximum absolute atomic E-state index is 9.23. The summed E-state index contributed by atoms with van der Waals surface area (Å²) in [5.41, 5.74) is 3.15. The van der Waals surface area contributed by atoms with Gasteiger partial charge in [0.05, 0.1) is 29.4 Å². The molecular formula is C15H11N3OS. The molecule has 4 nitrogen and oxygen atoms in total. The zero-order valence-electron chi connectivity index (χ0n) is 10.8. The number of rotatable bonds is 2. The summed E-state index contributed by atoms with van der Waals surface area (Å²) in [5.74, 6) is 0.759. The van der Waals surface area contributed by atoms with Gasteiger partial charge >= 0.3 is 0 Å². The standard InChI is InChI=1S/C15H11N3OS/c1-19-11-6-7-14-12(8-11)17-15(20)18(14)13-5-3-2-4-10(13)9-16/h2-8H,1H3,(H,17,20). The Labute approximate surface area is 120 Å². The third-order valence-corrected chi connectivity index (χ3v) is 3.44. The van der Waals surface area contributed by atoms with E-state index in [0.29, 0.717) is 10.3 Å². The van der Waals surface area contributed by atoms with Crippen molar-refractivity contribution in [1.82, 2.24) is 9.55 Å². The number of hydrogen-bond acceptors (Lipinski definition) is 3. The number of imidazole rings is 1. The Kier molecular flexibility index (Phi) is 3.01. The Balaban J connectivity index is 2.35. The number of fused-ring (bicyclic) bond motifs is 1. The lowest BCUT2D eigenvalue weighted by Gasteiger charge is -2.06. The van der Waals surface area contributed by atoms with E-state index in [4.69, 9.17) is 17.0 Å². The second-order valence-electron chi connectivity index (χ2n) is 4.28. The SMILES string of the molecule is COc1ccc2c(c1)[nH]c(=S)n2-c1ccccc1C#N. The molecule has 0 fully saturated rings. The largest absolute Gasteiger partial charge is 0.497 e. The van der Waals surface area contributed by atoms with Crippen LogP contribution < -0.4 is 4.74 Å². The van der Waals surface area contributed by atoms with Gasteiger partial charge in [0.1, 0.15) is 11.8 Å². The topological polar surface area (TPSA) is 53.7 Å². The van der Waals surface area contributed by atoms with E-state index in [1.165, 1.54) is 0 Å². The number of hydrogen-bond donors (Lipinski definition) is 1. The molecule has 1 aromatic heterocycles. The third kappa shape index (κ3) is 1.87. The quantitative estimate of drug-likeness (QED) is 0.731. The molecule has 0 spiro atoms. The van der Waals surface area contributed by atoms with Crippen molar-refractivity contribution in [1.29, 1.82) is 5.26 Å². The van der Waals surface area contributed by atoms with Gasteiger partial charge in [0.2, 0.25) is 0 Å². The van der Waals surface area contributed by atoms with Gasteiger partial charge in [-0.2, -0.15) is 5.26 Å². The van der Waals surface area contributed by atoms with Crippen molar-refractivity contribution in [3.8, 4) is 17.5 Å². The zero-order valence-corrected chi connectivity index (χ0v) is 11.6. The number of nitriles is 1. The highest BCUT2D eigenvalue weighted by atomic mass is 32.1. The molecule has 0 atom stereocenters. The van der Waals surface area contributed by atoms with E-state index in [2.05, 4.69) is 11.1 Å². The molecule has 98 valence electrons. The van der Waals surface area contributed by atoms with Gasteiger partial charge in [-0.25, -0.2) is 0 Å². The summed E-state index contributed by atoms with van der Waals surface area (Å²) >= 11 is 5.38. The van der Waals surface area contributed by atoms with Gasteiger partial charge in [0.25, 0.3) is 0 Å². The van der Waals surface area contributed by atoms with Crippen LogP contribution in [-0.4, -0.2) is 16.7 Å². The highest BCUT2D eigenvalue weighted by Crippen LogP contribution is 2.25. The number of para-hydroxylation sites is 1. The Morgan fingerprint density at radius 2 is 2.05 bits per heavy atom. The molecule has 0 amide bonds. The van der Waals surface area contributed by atoms with E-state index < -0.39 is 0 Å². The molecule has 0 aliphatic carbocycles. The van der Waals surface area contributed by atoms with Gasteiger partial charge in [-0.15, -0.1) is 0 Å². The summed E-state index contributed by atoms with van der Waals surface area (Å²) in [6.07, 6.45) is 0. The van der Waals surface area contributed by atoms with Crippen LogP contribution in [-0.2, 0) is 0 Å². The van der Waals surface area contributed by atoms with E-state index in [9.17, 15) is 5.26 Å². The van der Waals surface area contributed by atoms with Crippen molar-refractivity contribution < 1.29 is 4.74 Å². The van der Waals surface area contributed by atoms with Crippen molar-refractivity contribution >= 4 is 23.3 Å². The first-order valence-electron chi connectivity index (χ1n) is 6.03. The lowest BCUT2D eigenvalue weighted by Crippen LogP contribution is -1.97. The van der Waals surface area contributed by atoms with Gasteiger partial charge in [0, 0.05) is 6.07 Å².